The first-order valence-corrected chi connectivity index (χ1v) is 9.83. The molecule has 2 heterocycles. The molecule has 0 saturated heterocycles. The molecule has 0 radical (unpaired) electrons. The van der Waals surface area contributed by atoms with E-state index in [0.717, 1.165) is 36.5 Å². The van der Waals surface area contributed by atoms with E-state index >= 15 is 0 Å². The minimum absolute atomic E-state index is 0.147. The molecule has 4 rings (SSSR count). The number of rotatable bonds is 5. The summed E-state index contributed by atoms with van der Waals surface area (Å²) in [6.45, 7) is 3.96. The standard InChI is InChI=1S/C25H23FN2O/c1-18-13-15-28(25-8-4-5-14-27-25)17-22(18)20-11-9-19(10-12-20)16-24(29)21-6-2-3-7-23(21)26/h2-12,14H,13,15-17H2,1H3. The van der Waals surface area contributed by atoms with Crippen molar-refractivity contribution in [3.8, 4) is 0 Å². The summed E-state index contributed by atoms with van der Waals surface area (Å²) in [6.07, 6.45) is 3.01. The molecule has 2 aromatic carbocycles. The van der Waals surface area contributed by atoms with Gasteiger partial charge in [-0.1, -0.05) is 48.0 Å². The zero-order valence-corrected chi connectivity index (χ0v) is 16.4. The zero-order chi connectivity index (χ0) is 20.2. The summed E-state index contributed by atoms with van der Waals surface area (Å²) in [5.41, 5.74) is 4.87. The van der Waals surface area contributed by atoms with Crippen LogP contribution in [0.25, 0.3) is 5.57 Å². The molecule has 3 aromatic rings. The van der Waals surface area contributed by atoms with Crippen LogP contribution in [0.1, 0.15) is 34.8 Å². The monoisotopic (exact) mass is 386 g/mol. The molecular formula is C25H23FN2O. The molecule has 0 atom stereocenters. The topological polar surface area (TPSA) is 33.2 Å². The lowest BCUT2D eigenvalue weighted by molar-refractivity contribution is 0.0989. The fourth-order valence-corrected chi connectivity index (χ4v) is 3.72. The van der Waals surface area contributed by atoms with Crippen LogP contribution < -0.4 is 4.90 Å². The van der Waals surface area contributed by atoms with E-state index in [1.54, 1.807) is 12.1 Å². The third-order valence-electron chi connectivity index (χ3n) is 5.44. The number of hydrogen-bond acceptors (Lipinski definition) is 3. The minimum Gasteiger partial charge on any atom is -0.352 e. The van der Waals surface area contributed by atoms with Gasteiger partial charge in [0.15, 0.2) is 5.78 Å². The largest absolute Gasteiger partial charge is 0.352 e. The highest BCUT2D eigenvalue weighted by Gasteiger charge is 2.19. The van der Waals surface area contributed by atoms with E-state index in [1.165, 1.54) is 23.3 Å². The van der Waals surface area contributed by atoms with Crippen LogP contribution in [0.15, 0.2) is 78.5 Å². The quantitative estimate of drug-likeness (QED) is 0.556. The van der Waals surface area contributed by atoms with Crippen LogP contribution >= 0.6 is 0 Å². The Bertz CT molecular complexity index is 1040. The predicted molar refractivity (Wildman–Crippen MR) is 115 cm³/mol. The van der Waals surface area contributed by atoms with Crippen LogP contribution in [-0.4, -0.2) is 23.9 Å². The zero-order valence-electron chi connectivity index (χ0n) is 16.4. The molecule has 0 saturated carbocycles. The van der Waals surface area contributed by atoms with Gasteiger partial charge in [-0.2, -0.15) is 0 Å². The average Bonchev–Trinajstić information content (AvgIpc) is 2.76. The lowest BCUT2D eigenvalue weighted by atomic mass is 9.93. The number of halogens is 1. The number of nitrogens with zero attached hydrogens (tertiary/aromatic N) is 2. The molecule has 0 N–H and O–H groups in total. The summed E-state index contributed by atoms with van der Waals surface area (Å²) in [5.74, 6) is 0.321. The second-order valence-corrected chi connectivity index (χ2v) is 7.40. The number of Topliss-reactive ketones (excluding diaryl/α,β-unsaturated/α-hetero) is 1. The van der Waals surface area contributed by atoms with Crippen molar-refractivity contribution >= 4 is 17.2 Å². The van der Waals surface area contributed by atoms with Crippen molar-refractivity contribution in [2.24, 2.45) is 0 Å². The predicted octanol–water partition coefficient (Wildman–Crippen LogP) is 5.33. The Balaban J connectivity index is 1.50. The molecule has 0 unspecified atom stereocenters. The minimum atomic E-state index is -0.466. The summed E-state index contributed by atoms with van der Waals surface area (Å²) in [5, 5.41) is 0. The van der Waals surface area contributed by atoms with Gasteiger partial charge >= 0.3 is 0 Å². The third-order valence-corrected chi connectivity index (χ3v) is 5.44. The first-order chi connectivity index (χ1) is 14.1. The second kappa shape index (κ2) is 8.39. The van der Waals surface area contributed by atoms with Gasteiger partial charge in [0.1, 0.15) is 11.6 Å². The molecular weight excluding hydrogens is 363 g/mol. The maximum Gasteiger partial charge on any atom is 0.170 e. The van der Waals surface area contributed by atoms with Crippen molar-refractivity contribution < 1.29 is 9.18 Å². The first-order valence-electron chi connectivity index (χ1n) is 9.83. The van der Waals surface area contributed by atoms with E-state index < -0.39 is 5.82 Å². The number of pyridine rings is 1. The van der Waals surface area contributed by atoms with E-state index in [-0.39, 0.29) is 17.8 Å². The van der Waals surface area contributed by atoms with Crippen LogP contribution in [0, 0.1) is 5.82 Å². The molecule has 0 aliphatic carbocycles. The second-order valence-electron chi connectivity index (χ2n) is 7.40. The molecule has 0 bridgehead atoms. The van der Waals surface area contributed by atoms with Crippen molar-refractivity contribution in [3.63, 3.8) is 0 Å². The van der Waals surface area contributed by atoms with Gasteiger partial charge in [0.05, 0.1) is 5.56 Å². The maximum absolute atomic E-state index is 13.8. The van der Waals surface area contributed by atoms with E-state index in [0.29, 0.717) is 0 Å². The van der Waals surface area contributed by atoms with Crippen LogP contribution in [0.4, 0.5) is 10.2 Å². The number of carbonyl (C=O) groups is 1. The van der Waals surface area contributed by atoms with E-state index in [4.69, 9.17) is 0 Å². The van der Waals surface area contributed by atoms with Crippen LogP contribution in [0.5, 0.6) is 0 Å². The molecule has 146 valence electrons. The van der Waals surface area contributed by atoms with Gasteiger partial charge in [0, 0.05) is 25.7 Å². The number of hydrogen-bond donors (Lipinski definition) is 0. The molecule has 0 amide bonds. The molecule has 4 heteroatoms. The van der Waals surface area contributed by atoms with Crippen molar-refractivity contribution in [3.05, 3.63) is 101 Å². The van der Waals surface area contributed by atoms with Gasteiger partial charge in [0.25, 0.3) is 0 Å². The highest BCUT2D eigenvalue weighted by atomic mass is 19.1. The lowest BCUT2D eigenvalue weighted by Crippen LogP contribution is -2.31. The molecule has 1 aromatic heterocycles. The van der Waals surface area contributed by atoms with Crippen molar-refractivity contribution in [1.29, 1.82) is 0 Å². The van der Waals surface area contributed by atoms with Crippen molar-refractivity contribution in [2.75, 3.05) is 18.0 Å². The number of ketones is 1. The maximum atomic E-state index is 13.8. The first kappa shape index (κ1) is 19.1. The number of carbonyl (C=O) groups excluding carboxylic acids is 1. The van der Waals surface area contributed by atoms with Crippen LogP contribution in [-0.2, 0) is 6.42 Å². The molecule has 0 fully saturated rings. The van der Waals surface area contributed by atoms with Gasteiger partial charge < -0.3 is 4.90 Å². The Kier molecular flexibility index (Phi) is 5.52. The van der Waals surface area contributed by atoms with Gasteiger partial charge in [-0.05, 0) is 54.3 Å². The molecule has 3 nitrogen and oxygen atoms in total. The fourth-order valence-electron chi connectivity index (χ4n) is 3.72. The summed E-state index contributed by atoms with van der Waals surface area (Å²) in [6, 6.07) is 20.2. The molecule has 29 heavy (non-hydrogen) atoms. The Morgan fingerprint density at radius 3 is 2.52 bits per heavy atom. The van der Waals surface area contributed by atoms with Gasteiger partial charge in [-0.15, -0.1) is 0 Å². The molecule has 1 aliphatic heterocycles. The summed E-state index contributed by atoms with van der Waals surface area (Å²) >= 11 is 0. The van der Waals surface area contributed by atoms with E-state index in [2.05, 4.69) is 28.9 Å². The van der Waals surface area contributed by atoms with Gasteiger partial charge in [0.2, 0.25) is 0 Å². The summed E-state index contributed by atoms with van der Waals surface area (Å²) < 4.78 is 13.8. The SMILES string of the molecule is CC1=C(c2ccc(CC(=O)c3ccccc3F)cc2)CN(c2ccccn2)CC1. The van der Waals surface area contributed by atoms with E-state index in [9.17, 15) is 9.18 Å². The van der Waals surface area contributed by atoms with Crippen LogP contribution in [0.2, 0.25) is 0 Å². The Labute approximate surface area is 170 Å². The highest BCUT2D eigenvalue weighted by Crippen LogP contribution is 2.29. The average molecular weight is 386 g/mol. The van der Waals surface area contributed by atoms with Crippen LogP contribution in [0.3, 0.4) is 0 Å². The summed E-state index contributed by atoms with van der Waals surface area (Å²) in [4.78, 5) is 19.2. The number of benzene rings is 2. The van der Waals surface area contributed by atoms with Crippen molar-refractivity contribution in [2.45, 2.75) is 19.8 Å². The molecule has 0 spiro atoms. The Morgan fingerprint density at radius 1 is 1.03 bits per heavy atom. The smallest absolute Gasteiger partial charge is 0.170 e. The highest BCUT2D eigenvalue weighted by molar-refractivity contribution is 5.97. The van der Waals surface area contributed by atoms with E-state index in [1.807, 2.05) is 36.5 Å². The Hall–Kier alpha value is -3.27. The number of anilines is 1. The van der Waals surface area contributed by atoms with Gasteiger partial charge in [-0.25, -0.2) is 9.37 Å². The number of aromatic nitrogens is 1. The normalized spacial score (nSPS) is 14.2. The molecule has 1 aliphatic rings. The van der Waals surface area contributed by atoms with Gasteiger partial charge in [-0.3, -0.25) is 4.79 Å². The Morgan fingerprint density at radius 2 is 1.79 bits per heavy atom. The lowest BCUT2D eigenvalue weighted by Gasteiger charge is -2.31. The summed E-state index contributed by atoms with van der Waals surface area (Å²) in [7, 11) is 0. The third kappa shape index (κ3) is 4.27. The van der Waals surface area contributed by atoms with Crippen molar-refractivity contribution in [1.82, 2.24) is 4.98 Å². The fraction of sp³-hybridized carbons (Fsp3) is 0.200.